The van der Waals surface area contributed by atoms with Crippen LogP contribution in [0.4, 0.5) is 5.69 Å². The van der Waals surface area contributed by atoms with Crippen molar-refractivity contribution in [1.82, 2.24) is 4.98 Å². The summed E-state index contributed by atoms with van der Waals surface area (Å²) in [5.74, 6) is -0.978. The Morgan fingerprint density at radius 2 is 1.89 bits per heavy atom. The number of amides is 1. The summed E-state index contributed by atoms with van der Waals surface area (Å²) in [6.07, 6.45) is 0.377. The summed E-state index contributed by atoms with van der Waals surface area (Å²) in [7, 11) is 0. The van der Waals surface area contributed by atoms with Gasteiger partial charge in [-0.05, 0) is 42.6 Å². The first-order valence-corrected chi connectivity index (χ1v) is 10.3. The number of aryl methyl sites for hydroxylation is 1. The number of anilines is 1. The highest BCUT2D eigenvalue weighted by Gasteiger charge is 2.19. The number of carbonyl (C=O) groups is 3. The number of thiophene rings is 1. The third kappa shape index (κ3) is 4.71. The lowest BCUT2D eigenvalue weighted by atomic mass is 10.1. The van der Waals surface area contributed by atoms with Gasteiger partial charge in [0.2, 0.25) is 5.91 Å². The van der Waals surface area contributed by atoms with Crippen molar-refractivity contribution in [3.05, 3.63) is 57.2 Å². The maximum atomic E-state index is 12.3. The van der Waals surface area contributed by atoms with Gasteiger partial charge >= 0.3 is 5.97 Å². The van der Waals surface area contributed by atoms with E-state index in [0.717, 1.165) is 10.6 Å². The highest BCUT2D eigenvalue weighted by molar-refractivity contribution is 7.17. The molecule has 2 heterocycles. The first kappa shape index (κ1) is 19.9. The maximum Gasteiger partial charge on any atom is 0.350 e. The molecule has 8 heteroatoms. The molecule has 0 bridgehead atoms. The van der Waals surface area contributed by atoms with Crippen LogP contribution in [0.15, 0.2) is 41.1 Å². The Labute approximate surface area is 170 Å². The van der Waals surface area contributed by atoms with Crippen LogP contribution < -0.4 is 5.32 Å². The number of Topliss-reactive ketones (excluding diaryl/α,β-unsaturated/α-hetero) is 1. The van der Waals surface area contributed by atoms with E-state index in [1.54, 1.807) is 49.4 Å². The van der Waals surface area contributed by atoms with Gasteiger partial charge in [-0.3, -0.25) is 9.59 Å². The second kappa shape index (κ2) is 8.90. The van der Waals surface area contributed by atoms with Gasteiger partial charge in [0.25, 0.3) is 0 Å². The van der Waals surface area contributed by atoms with E-state index in [1.807, 2.05) is 16.8 Å². The van der Waals surface area contributed by atoms with Crippen LogP contribution in [0.1, 0.15) is 39.1 Å². The minimum atomic E-state index is -0.559. The van der Waals surface area contributed by atoms with Crippen LogP contribution in [0, 0.1) is 6.92 Å². The fourth-order valence-corrected chi connectivity index (χ4v) is 4.04. The van der Waals surface area contributed by atoms with E-state index >= 15 is 0 Å². The van der Waals surface area contributed by atoms with E-state index in [-0.39, 0.29) is 18.3 Å². The number of carbonyl (C=O) groups excluding carboxylic acids is 3. The van der Waals surface area contributed by atoms with Crippen LogP contribution in [-0.2, 0) is 9.53 Å². The fraction of sp³-hybridized carbons (Fsp3) is 0.200. The second-order valence-corrected chi connectivity index (χ2v) is 7.70. The molecule has 0 fully saturated rings. The predicted octanol–water partition coefficient (Wildman–Crippen LogP) is 4.57. The van der Waals surface area contributed by atoms with Gasteiger partial charge in [0, 0.05) is 28.6 Å². The van der Waals surface area contributed by atoms with Crippen molar-refractivity contribution in [2.45, 2.75) is 20.3 Å². The Morgan fingerprint density at radius 1 is 1.14 bits per heavy atom. The Morgan fingerprint density at radius 3 is 2.54 bits per heavy atom. The molecule has 0 radical (unpaired) electrons. The summed E-state index contributed by atoms with van der Waals surface area (Å²) in [6.45, 7) is 3.15. The quantitative estimate of drug-likeness (QED) is 0.452. The van der Waals surface area contributed by atoms with E-state index < -0.39 is 5.97 Å². The third-order valence-corrected chi connectivity index (χ3v) is 5.77. The molecular formula is C20H18N2O4S2. The summed E-state index contributed by atoms with van der Waals surface area (Å²) in [5, 5.41) is 7.37. The minimum absolute atomic E-state index is 0.102. The molecule has 1 amide bonds. The highest BCUT2D eigenvalue weighted by Crippen LogP contribution is 2.29. The summed E-state index contributed by atoms with van der Waals surface area (Å²) >= 11 is 2.81. The normalized spacial score (nSPS) is 10.5. The molecule has 3 aromatic rings. The topological polar surface area (TPSA) is 85.4 Å². The van der Waals surface area contributed by atoms with Crippen LogP contribution in [0.3, 0.4) is 0 Å². The van der Waals surface area contributed by atoms with E-state index in [9.17, 15) is 14.4 Å². The van der Waals surface area contributed by atoms with Crippen LogP contribution in [0.5, 0.6) is 0 Å². The average molecular weight is 415 g/mol. The molecule has 0 saturated heterocycles. The largest absolute Gasteiger partial charge is 0.453 e. The van der Waals surface area contributed by atoms with Crippen molar-refractivity contribution in [3.63, 3.8) is 0 Å². The van der Waals surface area contributed by atoms with Crippen molar-refractivity contribution < 1.29 is 19.1 Å². The zero-order chi connectivity index (χ0) is 20.1. The van der Waals surface area contributed by atoms with Crippen molar-refractivity contribution in [2.24, 2.45) is 0 Å². The SMILES string of the molecule is CCC(=O)Nc1ccc(C(=O)COC(=O)c2sc(-c3ccsc3)nc2C)cc1. The van der Waals surface area contributed by atoms with Crippen LogP contribution in [0.2, 0.25) is 0 Å². The number of rotatable bonds is 7. The Hall–Kier alpha value is -2.84. The standard InChI is InChI=1S/C20H18N2O4S2/c1-3-17(24)22-15-6-4-13(5-7-15)16(23)10-26-20(25)18-12(2)21-19(28-18)14-8-9-27-11-14/h4-9,11H,3,10H2,1-2H3,(H,22,24). The number of nitrogens with one attached hydrogen (secondary N) is 1. The number of benzene rings is 1. The number of ether oxygens (including phenoxy) is 1. The Balaban J connectivity index is 1.60. The van der Waals surface area contributed by atoms with Crippen molar-refractivity contribution >= 4 is 46.0 Å². The summed E-state index contributed by atoms with van der Waals surface area (Å²) in [6, 6.07) is 8.41. The first-order chi connectivity index (χ1) is 13.5. The lowest BCUT2D eigenvalue weighted by molar-refractivity contribution is -0.115. The van der Waals surface area contributed by atoms with Crippen molar-refractivity contribution in [3.8, 4) is 10.6 Å². The van der Waals surface area contributed by atoms with Crippen LogP contribution in [-0.4, -0.2) is 29.3 Å². The van der Waals surface area contributed by atoms with E-state index in [2.05, 4.69) is 10.3 Å². The zero-order valence-electron chi connectivity index (χ0n) is 15.4. The Bertz CT molecular complexity index is 992. The average Bonchev–Trinajstić information content (AvgIpc) is 3.36. The number of hydrogen-bond acceptors (Lipinski definition) is 7. The molecular weight excluding hydrogens is 396 g/mol. The molecule has 6 nitrogen and oxygen atoms in total. The zero-order valence-corrected chi connectivity index (χ0v) is 17.0. The molecule has 2 aromatic heterocycles. The summed E-state index contributed by atoms with van der Waals surface area (Å²) in [4.78, 5) is 40.8. The molecule has 0 aliphatic carbocycles. The molecule has 0 unspecified atom stereocenters. The molecule has 0 aliphatic rings. The van der Waals surface area contributed by atoms with Gasteiger partial charge in [0.1, 0.15) is 9.88 Å². The molecule has 3 rings (SSSR count). The molecule has 1 aromatic carbocycles. The number of hydrogen-bond donors (Lipinski definition) is 1. The smallest absolute Gasteiger partial charge is 0.350 e. The van der Waals surface area contributed by atoms with Gasteiger partial charge in [-0.15, -0.1) is 11.3 Å². The first-order valence-electron chi connectivity index (χ1n) is 8.58. The molecule has 0 spiro atoms. The number of thiazole rings is 1. The summed E-state index contributed by atoms with van der Waals surface area (Å²) in [5.41, 5.74) is 2.56. The van der Waals surface area contributed by atoms with Gasteiger partial charge in [0.15, 0.2) is 12.4 Å². The van der Waals surface area contributed by atoms with E-state index in [0.29, 0.717) is 28.2 Å². The van der Waals surface area contributed by atoms with Gasteiger partial charge < -0.3 is 10.1 Å². The second-order valence-electron chi connectivity index (χ2n) is 5.92. The minimum Gasteiger partial charge on any atom is -0.453 e. The molecule has 144 valence electrons. The third-order valence-electron chi connectivity index (χ3n) is 3.90. The van der Waals surface area contributed by atoms with Crippen LogP contribution in [0.25, 0.3) is 10.6 Å². The fourth-order valence-electron chi connectivity index (χ4n) is 2.36. The van der Waals surface area contributed by atoms with Crippen molar-refractivity contribution in [1.29, 1.82) is 0 Å². The number of esters is 1. The summed E-state index contributed by atoms with van der Waals surface area (Å²) < 4.78 is 5.18. The number of aromatic nitrogens is 1. The highest BCUT2D eigenvalue weighted by atomic mass is 32.1. The molecule has 28 heavy (non-hydrogen) atoms. The monoisotopic (exact) mass is 414 g/mol. The predicted molar refractivity (Wildman–Crippen MR) is 110 cm³/mol. The van der Waals surface area contributed by atoms with Crippen LogP contribution >= 0.6 is 22.7 Å². The number of nitrogens with zero attached hydrogens (tertiary/aromatic N) is 1. The lowest BCUT2D eigenvalue weighted by Gasteiger charge is -2.06. The number of ketones is 1. The molecule has 0 atom stereocenters. The molecule has 0 saturated carbocycles. The van der Waals surface area contributed by atoms with Gasteiger partial charge in [-0.2, -0.15) is 11.3 Å². The maximum absolute atomic E-state index is 12.3. The Kier molecular flexibility index (Phi) is 6.33. The molecule has 0 aliphatic heterocycles. The van der Waals surface area contributed by atoms with E-state index in [1.165, 1.54) is 11.3 Å². The molecule has 1 N–H and O–H groups in total. The van der Waals surface area contributed by atoms with Gasteiger partial charge in [-0.1, -0.05) is 6.92 Å². The van der Waals surface area contributed by atoms with Gasteiger partial charge in [0.05, 0.1) is 5.69 Å². The van der Waals surface area contributed by atoms with Crippen molar-refractivity contribution in [2.75, 3.05) is 11.9 Å². The lowest BCUT2D eigenvalue weighted by Crippen LogP contribution is -2.14. The van der Waals surface area contributed by atoms with Gasteiger partial charge in [-0.25, -0.2) is 9.78 Å². The van der Waals surface area contributed by atoms with E-state index in [4.69, 9.17) is 4.74 Å².